The fourth-order valence-corrected chi connectivity index (χ4v) is 6.19. The number of nitrogens with two attached hydrogens (primary N) is 2. The molecular formula is C26H32N4O8. The van der Waals surface area contributed by atoms with Crippen LogP contribution < -0.4 is 16.4 Å². The van der Waals surface area contributed by atoms with Gasteiger partial charge in [0.25, 0.3) is 5.91 Å². The van der Waals surface area contributed by atoms with Crippen LogP contribution in [0.25, 0.3) is 5.76 Å². The molecular weight excluding hydrogens is 496 g/mol. The van der Waals surface area contributed by atoms with Crippen molar-refractivity contribution in [2.24, 2.45) is 23.3 Å². The van der Waals surface area contributed by atoms with Crippen molar-refractivity contribution >= 4 is 34.8 Å². The third kappa shape index (κ3) is 3.74. The first kappa shape index (κ1) is 27.1. The van der Waals surface area contributed by atoms with E-state index in [9.17, 15) is 39.6 Å². The Morgan fingerprint density at radius 1 is 1.11 bits per heavy atom. The number of carbonyl (C=O) groups excluding carboxylic acids is 4. The van der Waals surface area contributed by atoms with E-state index in [1.165, 1.54) is 4.90 Å². The van der Waals surface area contributed by atoms with E-state index in [1.807, 2.05) is 0 Å². The SMILES string of the molecule is CN(C)c1cc(CCC(N)=O)c(O)c2c1C[C@H]1C[C@H]3[C@H](N(C)C)C(=O)C(C(N)=O)=C(O)[C@@]3(O)C(=O)C1=C2O. The predicted molar refractivity (Wildman–Crippen MR) is 136 cm³/mol. The Hall–Kier alpha value is -3.90. The summed E-state index contributed by atoms with van der Waals surface area (Å²) in [5.74, 6) is -7.63. The molecule has 4 rings (SSSR count). The maximum Gasteiger partial charge on any atom is 0.255 e. The number of primary amides is 2. The first-order valence-electron chi connectivity index (χ1n) is 12.1. The number of phenols is 1. The first-order chi connectivity index (χ1) is 17.6. The van der Waals surface area contributed by atoms with Gasteiger partial charge in [0, 0.05) is 37.7 Å². The first-order valence-corrected chi connectivity index (χ1v) is 12.1. The Balaban J connectivity index is 1.97. The number of aromatic hydroxyl groups is 1. The van der Waals surface area contributed by atoms with Crippen LogP contribution in [0.4, 0.5) is 5.69 Å². The summed E-state index contributed by atoms with van der Waals surface area (Å²) in [4.78, 5) is 53.8. The average molecular weight is 529 g/mol. The Morgan fingerprint density at radius 3 is 2.26 bits per heavy atom. The van der Waals surface area contributed by atoms with E-state index >= 15 is 0 Å². The number of benzene rings is 1. The smallest absolute Gasteiger partial charge is 0.255 e. The van der Waals surface area contributed by atoms with E-state index in [0.29, 0.717) is 16.8 Å². The highest BCUT2D eigenvalue weighted by Crippen LogP contribution is 2.54. The van der Waals surface area contributed by atoms with Crippen molar-refractivity contribution in [3.05, 3.63) is 39.7 Å². The molecule has 1 saturated carbocycles. The van der Waals surface area contributed by atoms with Crippen LogP contribution in [0, 0.1) is 11.8 Å². The minimum Gasteiger partial charge on any atom is -0.508 e. The van der Waals surface area contributed by atoms with Gasteiger partial charge in [-0.15, -0.1) is 0 Å². The minimum atomic E-state index is -2.70. The van der Waals surface area contributed by atoms with Gasteiger partial charge >= 0.3 is 0 Å². The standard InChI is InChI=1S/C26H32N4O8/c1-29(2)14-9-10(5-6-15(27)31)20(32)17-12(14)7-11-8-13-19(30(3)4)22(34)18(25(28)37)24(36)26(13,38)23(35)16(11)21(17)33/h9,11,13,19,32-33,36,38H,5-8H2,1-4H3,(H2,27,31)(H2,28,37)/t11-,13-,19-,26-/m0/s1. The summed E-state index contributed by atoms with van der Waals surface area (Å²) >= 11 is 0. The van der Waals surface area contributed by atoms with Crippen LogP contribution in [0.15, 0.2) is 23.0 Å². The van der Waals surface area contributed by atoms with Crippen molar-refractivity contribution in [1.82, 2.24) is 4.90 Å². The monoisotopic (exact) mass is 528 g/mol. The molecule has 3 aliphatic carbocycles. The van der Waals surface area contributed by atoms with E-state index in [-0.39, 0.29) is 42.6 Å². The normalized spacial score (nSPS) is 26.7. The van der Waals surface area contributed by atoms with E-state index in [2.05, 4.69) is 0 Å². The maximum absolute atomic E-state index is 13.9. The molecule has 1 fully saturated rings. The van der Waals surface area contributed by atoms with Crippen LogP contribution in [0.5, 0.6) is 5.75 Å². The summed E-state index contributed by atoms with van der Waals surface area (Å²) in [6.07, 6.45) is 0.196. The lowest BCUT2D eigenvalue weighted by atomic mass is 9.57. The Morgan fingerprint density at radius 2 is 1.74 bits per heavy atom. The summed E-state index contributed by atoms with van der Waals surface area (Å²) in [6, 6.07) is 0.543. The van der Waals surface area contributed by atoms with E-state index in [4.69, 9.17) is 11.5 Å². The number of fused-ring (bicyclic) bond motifs is 3. The highest BCUT2D eigenvalue weighted by Gasteiger charge is 2.64. The second kappa shape index (κ2) is 9.14. The molecule has 0 heterocycles. The van der Waals surface area contributed by atoms with Crippen LogP contribution >= 0.6 is 0 Å². The minimum absolute atomic E-state index is 0.00280. The van der Waals surface area contributed by atoms with Gasteiger partial charge in [0.05, 0.1) is 11.6 Å². The fourth-order valence-electron chi connectivity index (χ4n) is 6.19. The van der Waals surface area contributed by atoms with Crippen LogP contribution in [-0.4, -0.2) is 88.5 Å². The molecule has 0 aliphatic heterocycles. The van der Waals surface area contributed by atoms with Crippen molar-refractivity contribution in [2.45, 2.75) is 37.3 Å². The lowest BCUT2D eigenvalue weighted by molar-refractivity contribution is -0.153. The highest BCUT2D eigenvalue weighted by atomic mass is 16.3. The van der Waals surface area contributed by atoms with Crippen molar-refractivity contribution in [1.29, 1.82) is 0 Å². The van der Waals surface area contributed by atoms with E-state index in [0.717, 1.165) is 0 Å². The third-order valence-corrected chi connectivity index (χ3v) is 7.90. The molecule has 38 heavy (non-hydrogen) atoms. The van der Waals surface area contributed by atoms with Gasteiger partial charge < -0.3 is 36.8 Å². The molecule has 0 unspecified atom stereocenters. The summed E-state index contributed by atoms with van der Waals surface area (Å²) in [6.45, 7) is 0. The second-order valence-electron chi connectivity index (χ2n) is 10.6. The number of Topliss-reactive ketones (excluding diaryl/α,β-unsaturated/α-hetero) is 2. The zero-order valence-electron chi connectivity index (χ0n) is 21.6. The lowest BCUT2D eigenvalue weighted by Crippen LogP contribution is -2.65. The number of aliphatic hydroxyl groups excluding tert-OH is 2. The van der Waals surface area contributed by atoms with Gasteiger partial charge in [-0.1, -0.05) is 0 Å². The summed E-state index contributed by atoms with van der Waals surface area (Å²) in [5, 5.41) is 45.1. The van der Waals surface area contributed by atoms with Crippen LogP contribution in [0.1, 0.15) is 29.5 Å². The number of hydrogen-bond acceptors (Lipinski definition) is 10. The largest absolute Gasteiger partial charge is 0.508 e. The van der Waals surface area contributed by atoms with E-state index in [1.54, 1.807) is 39.2 Å². The Kier molecular flexibility index (Phi) is 6.53. The maximum atomic E-state index is 13.9. The number of likely N-dealkylation sites (N-methyl/N-ethyl adjacent to an activating group) is 1. The van der Waals surface area contributed by atoms with Crippen LogP contribution in [0.2, 0.25) is 0 Å². The third-order valence-electron chi connectivity index (χ3n) is 7.90. The molecule has 12 heteroatoms. The van der Waals surface area contributed by atoms with Gasteiger partial charge in [0.1, 0.15) is 22.8 Å². The number of ketones is 2. The highest BCUT2D eigenvalue weighted by molar-refractivity contribution is 6.24. The Bertz CT molecular complexity index is 1340. The number of carbonyl (C=O) groups is 4. The van der Waals surface area contributed by atoms with Gasteiger partial charge in [-0.25, -0.2) is 0 Å². The van der Waals surface area contributed by atoms with Gasteiger partial charge in [0.15, 0.2) is 11.4 Å². The number of aryl methyl sites for hydroxylation is 1. The molecule has 3 aliphatic rings. The van der Waals surface area contributed by atoms with Crippen molar-refractivity contribution in [3.8, 4) is 5.75 Å². The van der Waals surface area contributed by atoms with Gasteiger partial charge in [0.2, 0.25) is 11.7 Å². The summed E-state index contributed by atoms with van der Waals surface area (Å²) in [7, 11) is 6.62. The van der Waals surface area contributed by atoms with Crippen molar-refractivity contribution in [2.75, 3.05) is 33.1 Å². The number of aliphatic hydroxyl groups is 3. The molecule has 1 aromatic rings. The van der Waals surface area contributed by atoms with Gasteiger partial charge in [-0.3, -0.25) is 24.1 Å². The molecule has 0 bridgehead atoms. The zero-order chi connectivity index (χ0) is 28.4. The molecule has 0 aromatic heterocycles. The van der Waals surface area contributed by atoms with E-state index < -0.39 is 64.0 Å². The average Bonchev–Trinajstić information content (AvgIpc) is 2.80. The molecule has 0 radical (unpaired) electrons. The summed E-state index contributed by atoms with van der Waals surface area (Å²) < 4.78 is 0. The predicted octanol–water partition coefficient (Wildman–Crippen LogP) is -0.552. The quantitative estimate of drug-likeness (QED) is 0.260. The molecule has 0 spiro atoms. The molecule has 1 aromatic carbocycles. The number of phenolic OH excluding ortho intramolecular Hbond substituents is 1. The Labute approximate surface area is 218 Å². The van der Waals surface area contributed by atoms with Crippen molar-refractivity contribution < 1.29 is 39.6 Å². The number of nitrogens with zero attached hydrogens (tertiary/aromatic N) is 2. The van der Waals surface area contributed by atoms with Crippen LogP contribution in [-0.2, 0) is 32.0 Å². The zero-order valence-corrected chi connectivity index (χ0v) is 21.6. The molecule has 8 N–H and O–H groups in total. The molecule has 0 saturated heterocycles. The van der Waals surface area contributed by atoms with Gasteiger partial charge in [-0.05, 0) is 56.5 Å². The molecule has 4 atom stereocenters. The second-order valence-corrected chi connectivity index (χ2v) is 10.6. The fraction of sp³-hybridized carbons (Fsp3) is 0.462. The molecule has 12 nitrogen and oxygen atoms in total. The number of anilines is 1. The lowest BCUT2D eigenvalue weighted by Gasteiger charge is -2.50. The topological polar surface area (TPSA) is 208 Å². The number of amides is 2. The number of hydrogen-bond donors (Lipinski definition) is 6. The van der Waals surface area contributed by atoms with Gasteiger partial charge in [-0.2, -0.15) is 0 Å². The van der Waals surface area contributed by atoms with Crippen LogP contribution in [0.3, 0.4) is 0 Å². The molecule has 2 amide bonds. The molecule has 204 valence electrons. The van der Waals surface area contributed by atoms with Crippen molar-refractivity contribution in [3.63, 3.8) is 0 Å². The number of rotatable bonds is 6. The summed E-state index contributed by atoms with van der Waals surface area (Å²) in [5.41, 5.74) is 8.30.